The number of thiophene rings is 1. The molecule has 0 saturated carbocycles. The van der Waals surface area contributed by atoms with Crippen LogP contribution in [0, 0.1) is 0 Å². The Hall–Kier alpha value is -1.12. The van der Waals surface area contributed by atoms with Crippen molar-refractivity contribution in [2.45, 2.75) is 19.8 Å². The molecule has 0 amide bonds. The molecule has 2 rings (SSSR count). The standard InChI is InChI=1S/C14H13ClOS/c1-2-3-10-4-6-11(7-5-10)13(16)14-12(15)8-9-17-14/h4-9H,2-3H2,1H3. The van der Waals surface area contributed by atoms with E-state index in [1.54, 1.807) is 6.07 Å². The lowest BCUT2D eigenvalue weighted by atomic mass is 10.0. The number of hydrogen-bond donors (Lipinski definition) is 0. The van der Waals surface area contributed by atoms with Gasteiger partial charge in [0, 0.05) is 5.56 Å². The molecule has 1 aromatic carbocycles. The SMILES string of the molecule is CCCc1ccc(C(=O)c2sccc2Cl)cc1. The van der Waals surface area contributed by atoms with Crippen LogP contribution < -0.4 is 0 Å². The van der Waals surface area contributed by atoms with Gasteiger partial charge in [0.05, 0.1) is 9.90 Å². The Kier molecular flexibility index (Phi) is 3.97. The Morgan fingerprint density at radius 1 is 1.24 bits per heavy atom. The summed E-state index contributed by atoms with van der Waals surface area (Å²) in [6, 6.07) is 9.54. The number of ketones is 1. The molecule has 0 unspecified atom stereocenters. The summed E-state index contributed by atoms with van der Waals surface area (Å²) in [5.41, 5.74) is 1.97. The molecule has 0 atom stereocenters. The zero-order chi connectivity index (χ0) is 12.3. The van der Waals surface area contributed by atoms with Crippen LogP contribution >= 0.6 is 22.9 Å². The van der Waals surface area contributed by atoms with Gasteiger partial charge in [-0.3, -0.25) is 4.79 Å². The molecule has 0 aliphatic carbocycles. The molecule has 0 N–H and O–H groups in total. The summed E-state index contributed by atoms with van der Waals surface area (Å²) in [6.45, 7) is 2.14. The Morgan fingerprint density at radius 3 is 2.47 bits per heavy atom. The highest BCUT2D eigenvalue weighted by Gasteiger charge is 2.13. The van der Waals surface area contributed by atoms with E-state index >= 15 is 0 Å². The van der Waals surface area contributed by atoms with Crippen molar-refractivity contribution in [1.82, 2.24) is 0 Å². The van der Waals surface area contributed by atoms with Crippen molar-refractivity contribution in [2.75, 3.05) is 0 Å². The second-order valence-corrected chi connectivity index (χ2v) is 5.20. The first-order chi connectivity index (χ1) is 8.22. The third-order valence-electron chi connectivity index (χ3n) is 2.58. The quantitative estimate of drug-likeness (QED) is 0.739. The third kappa shape index (κ3) is 2.76. The lowest BCUT2D eigenvalue weighted by Crippen LogP contribution is -1.99. The van der Waals surface area contributed by atoms with E-state index in [-0.39, 0.29) is 5.78 Å². The van der Waals surface area contributed by atoms with Gasteiger partial charge >= 0.3 is 0 Å². The summed E-state index contributed by atoms with van der Waals surface area (Å²) in [5.74, 6) is 0.00745. The van der Waals surface area contributed by atoms with Crippen molar-refractivity contribution < 1.29 is 4.79 Å². The number of benzene rings is 1. The van der Waals surface area contributed by atoms with Gasteiger partial charge in [-0.15, -0.1) is 11.3 Å². The minimum absolute atomic E-state index is 0.00745. The van der Waals surface area contributed by atoms with E-state index in [4.69, 9.17) is 11.6 Å². The van der Waals surface area contributed by atoms with Gasteiger partial charge in [-0.25, -0.2) is 0 Å². The average Bonchev–Trinajstić information content (AvgIpc) is 2.76. The number of halogens is 1. The summed E-state index contributed by atoms with van der Waals surface area (Å²) in [7, 11) is 0. The average molecular weight is 265 g/mol. The smallest absolute Gasteiger partial charge is 0.204 e. The molecule has 0 aliphatic rings. The Morgan fingerprint density at radius 2 is 1.94 bits per heavy atom. The van der Waals surface area contributed by atoms with Crippen LogP contribution in [0.15, 0.2) is 35.7 Å². The van der Waals surface area contributed by atoms with Gasteiger partial charge in [-0.1, -0.05) is 49.2 Å². The topological polar surface area (TPSA) is 17.1 Å². The second kappa shape index (κ2) is 5.48. The zero-order valence-corrected chi connectivity index (χ0v) is 11.1. The van der Waals surface area contributed by atoms with E-state index in [0.717, 1.165) is 12.8 Å². The highest BCUT2D eigenvalue weighted by Crippen LogP contribution is 2.25. The van der Waals surface area contributed by atoms with Crippen LogP contribution in [0.2, 0.25) is 5.02 Å². The van der Waals surface area contributed by atoms with Crippen molar-refractivity contribution in [3.63, 3.8) is 0 Å². The molecule has 17 heavy (non-hydrogen) atoms. The van der Waals surface area contributed by atoms with Gasteiger partial charge in [-0.2, -0.15) is 0 Å². The summed E-state index contributed by atoms with van der Waals surface area (Å²) >= 11 is 7.34. The fraction of sp³-hybridized carbons (Fsp3) is 0.214. The molecule has 0 bridgehead atoms. The van der Waals surface area contributed by atoms with Gasteiger partial charge in [0.2, 0.25) is 5.78 Å². The van der Waals surface area contributed by atoms with Crippen molar-refractivity contribution in [3.8, 4) is 0 Å². The fourth-order valence-electron chi connectivity index (χ4n) is 1.70. The van der Waals surface area contributed by atoms with Gasteiger partial charge in [0.25, 0.3) is 0 Å². The summed E-state index contributed by atoms with van der Waals surface area (Å²) in [6.07, 6.45) is 2.16. The van der Waals surface area contributed by atoms with E-state index in [2.05, 4.69) is 6.92 Å². The van der Waals surface area contributed by atoms with Gasteiger partial charge < -0.3 is 0 Å². The molecule has 3 heteroatoms. The Bertz CT molecular complexity index is 513. The van der Waals surface area contributed by atoms with Crippen LogP contribution in [0.3, 0.4) is 0 Å². The molecule has 0 spiro atoms. The second-order valence-electron chi connectivity index (χ2n) is 3.87. The third-order valence-corrected chi connectivity index (χ3v) is 3.92. The van der Waals surface area contributed by atoms with Crippen LogP contribution in [0.5, 0.6) is 0 Å². The molecular formula is C14H13ClOS. The minimum Gasteiger partial charge on any atom is -0.288 e. The summed E-state index contributed by atoms with van der Waals surface area (Å²) < 4.78 is 0. The van der Waals surface area contributed by atoms with Gasteiger partial charge in [0.15, 0.2) is 0 Å². The number of carbonyl (C=O) groups excluding carboxylic acids is 1. The van der Waals surface area contributed by atoms with E-state index in [0.29, 0.717) is 15.5 Å². The molecule has 0 radical (unpaired) electrons. The van der Waals surface area contributed by atoms with Crippen molar-refractivity contribution in [2.24, 2.45) is 0 Å². The van der Waals surface area contributed by atoms with E-state index in [9.17, 15) is 4.79 Å². The number of rotatable bonds is 4. The predicted octanol–water partition coefficient (Wildman–Crippen LogP) is 4.59. The molecule has 0 aliphatic heterocycles. The lowest BCUT2D eigenvalue weighted by molar-refractivity contribution is 0.104. The minimum atomic E-state index is 0.00745. The number of aryl methyl sites for hydroxylation is 1. The largest absolute Gasteiger partial charge is 0.288 e. The molecule has 1 nitrogen and oxygen atoms in total. The van der Waals surface area contributed by atoms with Crippen molar-refractivity contribution >= 4 is 28.7 Å². The molecule has 0 fully saturated rings. The summed E-state index contributed by atoms with van der Waals surface area (Å²) in [5, 5.41) is 2.37. The molecule has 1 aromatic heterocycles. The van der Waals surface area contributed by atoms with Crippen LogP contribution in [-0.4, -0.2) is 5.78 Å². The molecule has 0 saturated heterocycles. The Balaban J connectivity index is 2.23. The van der Waals surface area contributed by atoms with Crippen molar-refractivity contribution in [1.29, 1.82) is 0 Å². The van der Waals surface area contributed by atoms with Gasteiger partial charge in [0.1, 0.15) is 0 Å². The fourth-order valence-corrected chi connectivity index (χ4v) is 2.80. The zero-order valence-electron chi connectivity index (χ0n) is 9.57. The maximum absolute atomic E-state index is 12.1. The van der Waals surface area contributed by atoms with Crippen molar-refractivity contribution in [3.05, 3.63) is 56.7 Å². The molecule has 1 heterocycles. The van der Waals surface area contributed by atoms with Crippen LogP contribution in [-0.2, 0) is 6.42 Å². The van der Waals surface area contributed by atoms with E-state index < -0.39 is 0 Å². The first kappa shape index (κ1) is 12.3. The summed E-state index contributed by atoms with van der Waals surface area (Å²) in [4.78, 5) is 12.7. The maximum atomic E-state index is 12.1. The number of carbonyl (C=O) groups is 1. The monoisotopic (exact) mass is 264 g/mol. The molecule has 2 aromatic rings. The first-order valence-electron chi connectivity index (χ1n) is 5.59. The van der Waals surface area contributed by atoms with Gasteiger partial charge in [-0.05, 0) is 23.4 Å². The highest BCUT2D eigenvalue weighted by molar-refractivity contribution is 7.13. The van der Waals surface area contributed by atoms with Crippen LogP contribution in [0.1, 0.15) is 34.1 Å². The normalized spacial score (nSPS) is 10.5. The number of hydrogen-bond acceptors (Lipinski definition) is 2. The van der Waals surface area contributed by atoms with Crippen LogP contribution in [0.25, 0.3) is 0 Å². The lowest BCUT2D eigenvalue weighted by Gasteiger charge is -2.02. The van der Waals surface area contributed by atoms with E-state index in [1.165, 1.54) is 16.9 Å². The maximum Gasteiger partial charge on any atom is 0.204 e. The van der Waals surface area contributed by atoms with Crippen LogP contribution in [0.4, 0.5) is 0 Å². The van der Waals surface area contributed by atoms with E-state index in [1.807, 2.05) is 29.6 Å². The highest BCUT2D eigenvalue weighted by atomic mass is 35.5. The molecular weight excluding hydrogens is 252 g/mol. The first-order valence-corrected chi connectivity index (χ1v) is 6.84. The molecule has 88 valence electrons. The Labute approximate surface area is 110 Å². The predicted molar refractivity (Wildman–Crippen MR) is 73.2 cm³/mol.